The Kier molecular flexibility index (Phi) is 6.18. The molecule has 1 aliphatic heterocycles. The fraction of sp³-hybridized carbons (Fsp3) is 0.562. The van der Waals surface area contributed by atoms with Crippen molar-refractivity contribution in [3.8, 4) is 0 Å². The molecule has 1 amide bonds. The first-order chi connectivity index (χ1) is 10.1. The van der Waals surface area contributed by atoms with Crippen molar-refractivity contribution in [2.24, 2.45) is 5.92 Å². The molecule has 21 heavy (non-hydrogen) atoms. The SMILES string of the molecule is CC(CNC(=O)c1ccc(F)cc1Br)CN1CCCCC1. The monoisotopic (exact) mass is 356 g/mol. The Labute approximate surface area is 134 Å². The molecule has 1 fully saturated rings. The highest BCUT2D eigenvalue weighted by Gasteiger charge is 2.15. The van der Waals surface area contributed by atoms with Crippen molar-refractivity contribution in [2.75, 3.05) is 26.2 Å². The van der Waals surface area contributed by atoms with Crippen molar-refractivity contribution >= 4 is 21.8 Å². The quantitative estimate of drug-likeness (QED) is 0.876. The van der Waals surface area contributed by atoms with E-state index in [-0.39, 0.29) is 11.7 Å². The molecule has 0 aliphatic carbocycles. The molecular formula is C16H22BrFN2O. The van der Waals surface area contributed by atoms with E-state index in [2.05, 4.69) is 33.1 Å². The highest BCUT2D eigenvalue weighted by molar-refractivity contribution is 9.10. The molecule has 116 valence electrons. The zero-order valence-corrected chi connectivity index (χ0v) is 14.0. The van der Waals surface area contributed by atoms with Crippen LogP contribution < -0.4 is 5.32 Å². The molecule has 1 unspecified atom stereocenters. The van der Waals surface area contributed by atoms with E-state index in [1.165, 1.54) is 50.6 Å². The van der Waals surface area contributed by atoms with Gasteiger partial charge in [-0.15, -0.1) is 0 Å². The van der Waals surface area contributed by atoms with Crippen LogP contribution in [0.15, 0.2) is 22.7 Å². The van der Waals surface area contributed by atoms with Gasteiger partial charge in [0.25, 0.3) is 5.91 Å². The van der Waals surface area contributed by atoms with E-state index >= 15 is 0 Å². The molecule has 1 saturated heterocycles. The highest BCUT2D eigenvalue weighted by Crippen LogP contribution is 2.18. The summed E-state index contributed by atoms with van der Waals surface area (Å²) in [5, 5.41) is 2.93. The molecule has 5 heteroatoms. The smallest absolute Gasteiger partial charge is 0.252 e. The number of piperidine rings is 1. The molecule has 2 rings (SSSR count). The number of rotatable bonds is 5. The number of carbonyl (C=O) groups excluding carboxylic acids is 1. The van der Waals surface area contributed by atoms with E-state index in [0.29, 0.717) is 22.5 Å². The van der Waals surface area contributed by atoms with E-state index < -0.39 is 0 Å². The summed E-state index contributed by atoms with van der Waals surface area (Å²) in [5.74, 6) is -0.101. The first-order valence-corrected chi connectivity index (χ1v) is 8.31. The minimum atomic E-state index is -0.350. The molecule has 0 radical (unpaired) electrons. The molecule has 0 bridgehead atoms. The molecule has 3 nitrogen and oxygen atoms in total. The van der Waals surface area contributed by atoms with Crippen LogP contribution in [0.5, 0.6) is 0 Å². The standard InChI is InChI=1S/C16H22BrFN2O/c1-12(11-20-7-3-2-4-8-20)10-19-16(21)14-6-5-13(18)9-15(14)17/h5-6,9,12H,2-4,7-8,10-11H2,1H3,(H,19,21). The number of halogens is 2. The zero-order valence-electron chi connectivity index (χ0n) is 12.4. The third kappa shape index (κ3) is 5.08. The summed E-state index contributed by atoms with van der Waals surface area (Å²) in [6, 6.07) is 4.12. The van der Waals surface area contributed by atoms with Gasteiger partial charge in [-0.3, -0.25) is 4.79 Å². The predicted molar refractivity (Wildman–Crippen MR) is 85.9 cm³/mol. The molecule has 0 spiro atoms. The first kappa shape index (κ1) is 16.4. The largest absolute Gasteiger partial charge is 0.352 e. The summed E-state index contributed by atoms with van der Waals surface area (Å²) < 4.78 is 13.5. The molecule has 1 N–H and O–H groups in total. The van der Waals surface area contributed by atoms with Crippen molar-refractivity contribution in [1.82, 2.24) is 10.2 Å². The number of nitrogens with zero attached hydrogens (tertiary/aromatic N) is 1. The minimum Gasteiger partial charge on any atom is -0.352 e. The van der Waals surface area contributed by atoms with Crippen molar-refractivity contribution in [1.29, 1.82) is 0 Å². The number of nitrogens with one attached hydrogen (secondary N) is 1. The maximum absolute atomic E-state index is 13.0. The predicted octanol–water partition coefficient (Wildman–Crippen LogP) is 3.44. The Morgan fingerprint density at radius 3 is 2.76 bits per heavy atom. The number of likely N-dealkylation sites (tertiary alicyclic amines) is 1. The Morgan fingerprint density at radius 2 is 2.10 bits per heavy atom. The van der Waals surface area contributed by atoms with Crippen LogP contribution in [0.4, 0.5) is 4.39 Å². The summed E-state index contributed by atoms with van der Waals surface area (Å²) in [6.07, 6.45) is 3.89. The van der Waals surface area contributed by atoms with Gasteiger partial charge < -0.3 is 10.2 Å². The van der Waals surface area contributed by atoms with Crippen LogP contribution in [0, 0.1) is 11.7 Å². The van der Waals surface area contributed by atoms with E-state index in [1.54, 1.807) is 0 Å². The Bertz CT molecular complexity index is 489. The van der Waals surface area contributed by atoms with Gasteiger partial charge in [-0.05, 0) is 66.0 Å². The lowest BCUT2D eigenvalue weighted by Gasteiger charge is -2.29. The van der Waals surface area contributed by atoms with Crippen molar-refractivity contribution in [3.63, 3.8) is 0 Å². The van der Waals surface area contributed by atoms with Crippen molar-refractivity contribution < 1.29 is 9.18 Å². The van der Waals surface area contributed by atoms with Gasteiger partial charge in [0.15, 0.2) is 0 Å². The van der Waals surface area contributed by atoms with Gasteiger partial charge in [0.05, 0.1) is 5.56 Å². The van der Waals surface area contributed by atoms with E-state index in [9.17, 15) is 9.18 Å². The molecular weight excluding hydrogens is 335 g/mol. The number of hydrogen-bond acceptors (Lipinski definition) is 2. The fourth-order valence-corrected chi connectivity index (χ4v) is 3.21. The second-order valence-electron chi connectivity index (χ2n) is 5.80. The topological polar surface area (TPSA) is 32.3 Å². The molecule has 1 heterocycles. The second-order valence-corrected chi connectivity index (χ2v) is 6.65. The van der Waals surface area contributed by atoms with E-state index in [1.807, 2.05) is 0 Å². The first-order valence-electron chi connectivity index (χ1n) is 7.52. The Morgan fingerprint density at radius 1 is 1.38 bits per heavy atom. The third-order valence-corrected chi connectivity index (χ3v) is 4.46. The van der Waals surface area contributed by atoms with Gasteiger partial charge >= 0.3 is 0 Å². The molecule has 1 aromatic rings. The average molecular weight is 357 g/mol. The van der Waals surface area contributed by atoms with Gasteiger partial charge in [0.1, 0.15) is 5.82 Å². The maximum Gasteiger partial charge on any atom is 0.252 e. The Balaban J connectivity index is 1.80. The summed E-state index contributed by atoms with van der Waals surface area (Å²) in [6.45, 7) is 6.14. The number of amides is 1. The minimum absolute atomic E-state index is 0.160. The van der Waals surface area contributed by atoms with Crippen molar-refractivity contribution in [3.05, 3.63) is 34.1 Å². The van der Waals surface area contributed by atoms with Crippen LogP contribution in [-0.2, 0) is 0 Å². The normalized spacial score (nSPS) is 17.5. The number of carbonyl (C=O) groups is 1. The van der Waals surface area contributed by atoms with Crippen LogP contribution in [0.2, 0.25) is 0 Å². The molecule has 0 saturated carbocycles. The summed E-state index contributed by atoms with van der Waals surface area (Å²) >= 11 is 3.23. The van der Waals surface area contributed by atoms with Gasteiger partial charge in [-0.1, -0.05) is 13.3 Å². The van der Waals surface area contributed by atoms with E-state index in [0.717, 1.165) is 6.54 Å². The summed E-state index contributed by atoms with van der Waals surface area (Å²) in [4.78, 5) is 14.6. The van der Waals surface area contributed by atoms with Gasteiger partial charge in [-0.2, -0.15) is 0 Å². The molecule has 1 aliphatic rings. The van der Waals surface area contributed by atoms with Crippen LogP contribution in [0.3, 0.4) is 0 Å². The second kappa shape index (κ2) is 7.90. The lowest BCUT2D eigenvalue weighted by Crippen LogP contribution is -2.38. The molecule has 1 aromatic carbocycles. The fourth-order valence-electron chi connectivity index (χ4n) is 2.68. The summed E-state index contributed by atoms with van der Waals surface area (Å²) in [7, 11) is 0. The maximum atomic E-state index is 13.0. The van der Waals surface area contributed by atoms with Crippen LogP contribution in [0.25, 0.3) is 0 Å². The lowest BCUT2D eigenvalue weighted by molar-refractivity contribution is 0.0942. The zero-order chi connectivity index (χ0) is 15.2. The highest BCUT2D eigenvalue weighted by atomic mass is 79.9. The lowest BCUT2D eigenvalue weighted by atomic mass is 10.1. The van der Waals surface area contributed by atoms with Gasteiger partial charge in [0, 0.05) is 17.6 Å². The van der Waals surface area contributed by atoms with Crippen molar-refractivity contribution in [2.45, 2.75) is 26.2 Å². The van der Waals surface area contributed by atoms with E-state index in [4.69, 9.17) is 0 Å². The molecule has 1 atom stereocenters. The average Bonchev–Trinajstić information content (AvgIpc) is 2.46. The van der Waals surface area contributed by atoms with Gasteiger partial charge in [0.2, 0.25) is 0 Å². The molecule has 0 aromatic heterocycles. The third-order valence-electron chi connectivity index (χ3n) is 3.81. The Hall–Kier alpha value is -0.940. The number of hydrogen-bond donors (Lipinski definition) is 1. The van der Waals surface area contributed by atoms with Crippen LogP contribution >= 0.6 is 15.9 Å². The van der Waals surface area contributed by atoms with Crippen LogP contribution in [-0.4, -0.2) is 37.0 Å². The van der Waals surface area contributed by atoms with Gasteiger partial charge in [-0.25, -0.2) is 4.39 Å². The van der Waals surface area contributed by atoms with Crippen LogP contribution in [0.1, 0.15) is 36.5 Å². The number of benzene rings is 1. The summed E-state index contributed by atoms with van der Waals surface area (Å²) in [5.41, 5.74) is 0.474.